The summed E-state index contributed by atoms with van der Waals surface area (Å²) in [5, 5.41) is 0. The Morgan fingerprint density at radius 2 is 2.00 bits per heavy atom. The molecule has 75 valence electrons. The van der Waals surface area contributed by atoms with Crippen LogP contribution in [-0.4, -0.2) is 6.29 Å². The minimum atomic E-state index is 0.456. The Hall–Kier alpha value is -1.31. The van der Waals surface area contributed by atoms with Crippen molar-refractivity contribution in [2.24, 2.45) is 0 Å². The molecule has 1 rings (SSSR count). The highest BCUT2D eigenvalue weighted by molar-refractivity contribution is 5.50. The first-order valence-corrected chi connectivity index (χ1v) is 4.98. The van der Waals surface area contributed by atoms with Gasteiger partial charge in [0, 0.05) is 12.1 Å². The molecule has 2 nitrogen and oxygen atoms in total. The Balaban J connectivity index is 2.68. The predicted octanol–water partition coefficient (Wildman–Crippen LogP) is 2.65. The number of anilines is 1. The molecule has 1 atom stereocenters. The SMILES string of the molecule is CCC(CC[C]=O)c1ccc(N)cc1. The summed E-state index contributed by atoms with van der Waals surface area (Å²) in [7, 11) is 0. The average molecular weight is 190 g/mol. The van der Waals surface area contributed by atoms with Crippen LogP contribution in [0.3, 0.4) is 0 Å². The minimum Gasteiger partial charge on any atom is -0.399 e. The zero-order valence-electron chi connectivity index (χ0n) is 8.49. The van der Waals surface area contributed by atoms with Crippen LogP contribution in [0.2, 0.25) is 0 Å². The van der Waals surface area contributed by atoms with Crippen molar-refractivity contribution in [3.63, 3.8) is 0 Å². The summed E-state index contributed by atoms with van der Waals surface area (Å²) < 4.78 is 0. The number of hydrogen-bond acceptors (Lipinski definition) is 2. The number of nitrogen functional groups attached to an aromatic ring is 1. The van der Waals surface area contributed by atoms with Crippen molar-refractivity contribution < 1.29 is 4.79 Å². The monoisotopic (exact) mass is 190 g/mol. The number of nitrogens with two attached hydrogens (primary N) is 1. The van der Waals surface area contributed by atoms with Gasteiger partial charge in [0.2, 0.25) is 0 Å². The van der Waals surface area contributed by atoms with Gasteiger partial charge in [0.05, 0.1) is 0 Å². The molecule has 0 bridgehead atoms. The zero-order valence-corrected chi connectivity index (χ0v) is 8.49. The van der Waals surface area contributed by atoms with E-state index in [9.17, 15) is 4.79 Å². The third kappa shape index (κ3) is 2.87. The van der Waals surface area contributed by atoms with E-state index in [2.05, 4.69) is 6.92 Å². The first-order valence-electron chi connectivity index (χ1n) is 4.98. The van der Waals surface area contributed by atoms with Crippen molar-refractivity contribution in [3.8, 4) is 0 Å². The first kappa shape index (κ1) is 10.8. The molecule has 2 N–H and O–H groups in total. The molecule has 0 aromatic heterocycles. The van der Waals surface area contributed by atoms with Gasteiger partial charge in [-0.1, -0.05) is 19.1 Å². The van der Waals surface area contributed by atoms with Gasteiger partial charge in [0.15, 0.2) is 6.29 Å². The Labute approximate surface area is 85.1 Å². The highest BCUT2D eigenvalue weighted by Crippen LogP contribution is 2.24. The molecule has 0 aliphatic carbocycles. The number of benzene rings is 1. The highest BCUT2D eigenvalue weighted by Gasteiger charge is 2.08. The van der Waals surface area contributed by atoms with Gasteiger partial charge in [-0.3, -0.25) is 4.79 Å². The molecular weight excluding hydrogens is 174 g/mol. The normalized spacial score (nSPS) is 12.4. The van der Waals surface area contributed by atoms with Crippen LogP contribution in [0.5, 0.6) is 0 Å². The van der Waals surface area contributed by atoms with Crippen molar-refractivity contribution in [3.05, 3.63) is 29.8 Å². The van der Waals surface area contributed by atoms with Crippen LogP contribution in [0, 0.1) is 0 Å². The molecule has 1 aromatic rings. The molecule has 1 unspecified atom stereocenters. The number of carbonyl (C=O) groups excluding carboxylic acids is 1. The standard InChI is InChI=1S/C12H16NO/c1-2-10(4-3-9-14)11-5-7-12(13)8-6-11/h5-8,10H,2-4,13H2,1H3. The minimum absolute atomic E-state index is 0.456. The smallest absolute Gasteiger partial charge is 0.198 e. The van der Waals surface area contributed by atoms with Crippen molar-refractivity contribution in [2.45, 2.75) is 32.1 Å². The Kier molecular flexibility index (Phi) is 4.17. The summed E-state index contributed by atoms with van der Waals surface area (Å²) in [5.41, 5.74) is 7.65. The van der Waals surface area contributed by atoms with Crippen molar-refractivity contribution in [1.82, 2.24) is 0 Å². The van der Waals surface area contributed by atoms with Crippen molar-refractivity contribution >= 4 is 12.0 Å². The van der Waals surface area contributed by atoms with Crippen LogP contribution < -0.4 is 5.73 Å². The topological polar surface area (TPSA) is 43.1 Å². The molecule has 0 aliphatic heterocycles. The number of hydrogen-bond donors (Lipinski definition) is 1. The van der Waals surface area contributed by atoms with Gasteiger partial charge < -0.3 is 5.73 Å². The lowest BCUT2D eigenvalue weighted by Crippen LogP contribution is -1.98. The van der Waals surface area contributed by atoms with Gasteiger partial charge in [0.25, 0.3) is 0 Å². The van der Waals surface area contributed by atoms with E-state index in [4.69, 9.17) is 5.73 Å². The third-order valence-corrected chi connectivity index (χ3v) is 2.50. The van der Waals surface area contributed by atoms with Crippen LogP contribution in [-0.2, 0) is 4.79 Å². The average Bonchev–Trinajstić information content (AvgIpc) is 2.21. The van der Waals surface area contributed by atoms with Crippen LogP contribution in [0.15, 0.2) is 24.3 Å². The van der Waals surface area contributed by atoms with Crippen LogP contribution in [0.1, 0.15) is 37.7 Å². The lowest BCUT2D eigenvalue weighted by molar-refractivity contribution is 0.537. The predicted molar refractivity (Wildman–Crippen MR) is 58.8 cm³/mol. The fourth-order valence-corrected chi connectivity index (χ4v) is 1.61. The maximum Gasteiger partial charge on any atom is 0.198 e. The fourth-order valence-electron chi connectivity index (χ4n) is 1.61. The fraction of sp³-hybridized carbons (Fsp3) is 0.417. The van der Waals surface area contributed by atoms with Gasteiger partial charge in [0.1, 0.15) is 0 Å². The molecule has 0 saturated carbocycles. The van der Waals surface area contributed by atoms with E-state index >= 15 is 0 Å². The van der Waals surface area contributed by atoms with Crippen molar-refractivity contribution in [1.29, 1.82) is 0 Å². The summed E-state index contributed by atoms with van der Waals surface area (Å²) in [5.74, 6) is 0.456. The molecule has 0 saturated heterocycles. The molecular formula is C12H16NO. The second kappa shape index (κ2) is 5.43. The van der Waals surface area contributed by atoms with Crippen LogP contribution >= 0.6 is 0 Å². The summed E-state index contributed by atoms with van der Waals surface area (Å²) in [6.07, 6.45) is 4.38. The molecule has 0 spiro atoms. The van der Waals surface area contributed by atoms with E-state index in [1.807, 2.05) is 30.6 Å². The van der Waals surface area contributed by atoms with Gasteiger partial charge in [-0.2, -0.15) is 0 Å². The molecule has 2 heteroatoms. The Morgan fingerprint density at radius 3 is 2.50 bits per heavy atom. The van der Waals surface area contributed by atoms with Crippen LogP contribution in [0.4, 0.5) is 5.69 Å². The Morgan fingerprint density at radius 1 is 1.36 bits per heavy atom. The Bertz CT molecular complexity index is 279. The molecule has 0 fully saturated rings. The van der Waals surface area contributed by atoms with Gasteiger partial charge in [-0.15, -0.1) is 0 Å². The van der Waals surface area contributed by atoms with Gasteiger partial charge >= 0.3 is 0 Å². The summed E-state index contributed by atoms with van der Waals surface area (Å²) in [6.45, 7) is 2.13. The van der Waals surface area contributed by atoms with Crippen LogP contribution in [0.25, 0.3) is 0 Å². The molecule has 0 amide bonds. The molecule has 0 aliphatic rings. The van der Waals surface area contributed by atoms with E-state index in [1.165, 1.54) is 5.56 Å². The third-order valence-electron chi connectivity index (χ3n) is 2.50. The summed E-state index contributed by atoms with van der Waals surface area (Å²) >= 11 is 0. The summed E-state index contributed by atoms with van der Waals surface area (Å²) in [4.78, 5) is 10.2. The molecule has 0 heterocycles. The quantitative estimate of drug-likeness (QED) is 0.725. The first-order chi connectivity index (χ1) is 6.77. The lowest BCUT2D eigenvalue weighted by atomic mass is 9.92. The highest BCUT2D eigenvalue weighted by atomic mass is 16.1. The van der Waals surface area contributed by atoms with E-state index in [0.717, 1.165) is 18.5 Å². The maximum atomic E-state index is 10.2. The van der Waals surface area contributed by atoms with Crippen molar-refractivity contribution in [2.75, 3.05) is 5.73 Å². The largest absolute Gasteiger partial charge is 0.399 e. The van der Waals surface area contributed by atoms with Gasteiger partial charge in [-0.25, -0.2) is 0 Å². The van der Waals surface area contributed by atoms with E-state index in [-0.39, 0.29) is 0 Å². The zero-order chi connectivity index (χ0) is 10.4. The lowest BCUT2D eigenvalue weighted by Gasteiger charge is -2.13. The summed E-state index contributed by atoms with van der Waals surface area (Å²) in [6, 6.07) is 7.88. The maximum absolute atomic E-state index is 10.2. The molecule has 1 aromatic carbocycles. The van der Waals surface area contributed by atoms with E-state index in [1.54, 1.807) is 0 Å². The molecule has 1 radical (unpaired) electrons. The van der Waals surface area contributed by atoms with E-state index in [0.29, 0.717) is 12.3 Å². The number of rotatable bonds is 5. The van der Waals surface area contributed by atoms with Gasteiger partial charge in [-0.05, 0) is 36.5 Å². The molecule has 14 heavy (non-hydrogen) atoms. The second-order valence-electron chi connectivity index (χ2n) is 3.45. The second-order valence-corrected chi connectivity index (χ2v) is 3.45. The van der Waals surface area contributed by atoms with E-state index < -0.39 is 0 Å².